The van der Waals surface area contributed by atoms with Crippen LogP contribution in [0.5, 0.6) is 5.75 Å². The van der Waals surface area contributed by atoms with Gasteiger partial charge in [-0.3, -0.25) is 18.9 Å². The predicted molar refractivity (Wildman–Crippen MR) is 167 cm³/mol. The molecule has 2 unspecified atom stereocenters. The number of nitrogens with one attached hydrogen (secondary N) is 1. The summed E-state index contributed by atoms with van der Waals surface area (Å²) in [6, 6.07) is 8.07. The van der Waals surface area contributed by atoms with Crippen molar-refractivity contribution < 1.29 is 18.5 Å². The van der Waals surface area contributed by atoms with E-state index >= 15 is 0 Å². The van der Waals surface area contributed by atoms with E-state index in [1.807, 2.05) is 36.2 Å². The summed E-state index contributed by atoms with van der Waals surface area (Å²) in [7, 11) is 2.94. The van der Waals surface area contributed by atoms with Crippen LogP contribution < -0.4 is 15.8 Å². The summed E-state index contributed by atoms with van der Waals surface area (Å²) in [5.74, 6) is 2.13. The number of ether oxygens (including phenoxy) is 2. The molecular weight excluding hydrogens is 552 g/mol. The van der Waals surface area contributed by atoms with E-state index in [0.717, 1.165) is 70.5 Å². The van der Waals surface area contributed by atoms with Gasteiger partial charge in [-0.05, 0) is 89.9 Å². The average molecular weight is 601 g/mol. The third kappa shape index (κ3) is 7.72. The average Bonchev–Trinajstić information content (AvgIpc) is 3.35. The summed E-state index contributed by atoms with van der Waals surface area (Å²) >= 11 is 0. The second-order valence-electron chi connectivity index (χ2n) is 12.1. The minimum atomic E-state index is -1.12. The van der Waals surface area contributed by atoms with Crippen LogP contribution in [-0.4, -0.2) is 114 Å². The summed E-state index contributed by atoms with van der Waals surface area (Å²) in [4.78, 5) is 25.3. The zero-order valence-electron chi connectivity index (χ0n) is 25.4. The molecule has 1 amide bonds. The molecule has 0 bridgehead atoms. The van der Waals surface area contributed by atoms with E-state index in [9.17, 15) is 9.00 Å². The van der Waals surface area contributed by atoms with Crippen molar-refractivity contribution in [2.75, 3.05) is 59.2 Å². The maximum atomic E-state index is 13.1. The molecule has 5 rings (SSSR count). The highest BCUT2D eigenvalue weighted by molar-refractivity contribution is 7.90. The molecule has 4 heterocycles. The molecule has 1 aromatic carbocycles. The Kier molecular flexibility index (Phi) is 10.6. The summed E-state index contributed by atoms with van der Waals surface area (Å²) in [5, 5.41) is 3.58. The molecule has 10 nitrogen and oxygen atoms in total. The van der Waals surface area contributed by atoms with Crippen molar-refractivity contribution in [3.8, 4) is 5.75 Å². The van der Waals surface area contributed by atoms with Crippen LogP contribution in [0.4, 0.5) is 0 Å². The van der Waals surface area contributed by atoms with Crippen LogP contribution in [0.2, 0.25) is 0 Å². The zero-order chi connectivity index (χ0) is 29.6. The number of rotatable bonds is 8. The monoisotopic (exact) mass is 600 g/mol. The van der Waals surface area contributed by atoms with Crippen LogP contribution in [0.3, 0.4) is 0 Å². The van der Waals surface area contributed by atoms with E-state index in [-0.39, 0.29) is 24.2 Å². The second-order valence-corrected chi connectivity index (χ2v) is 13.6. The van der Waals surface area contributed by atoms with Crippen molar-refractivity contribution in [2.24, 2.45) is 10.7 Å². The van der Waals surface area contributed by atoms with Crippen molar-refractivity contribution in [1.29, 1.82) is 0 Å². The Labute approximate surface area is 253 Å². The van der Waals surface area contributed by atoms with Crippen LogP contribution in [0.15, 0.2) is 39.9 Å². The van der Waals surface area contributed by atoms with Gasteiger partial charge in [0.25, 0.3) is 5.91 Å². The molecule has 0 radical (unpaired) electrons. The summed E-state index contributed by atoms with van der Waals surface area (Å²) < 4.78 is 24.6. The fourth-order valence-electron chi connectivity index (χ4n) is 6.27. The number of amidine groups is 1. The first-order valence-electron chi connectivity index (χ1n) is 15.5. The van der Waals surface area contributed by atoms with Gasteiger partial charge < -0.3 is 30.3 Å². The number of hydrogen-bond donors (Lipinski definition) is 2. The number of carbonyl (C=O) groups excluding carboxylic acids is 1. The van der Waals surface area contributed by atoms with E-state index in [2.05, 4.69) is 29.1 Å². The first-order valence-corrected chi connectivity index (χ1v) is 16.9. The minimum Gasteiger partial charge on any atom is -0.490 e. The van der Waals surface area contributed by atoms with Crippen LogP contribution >= 0.6 is 0 Å². The van der Waals surface area contributed by atoms with Gasteiger partial charge in [0.2, 0.25) is 0 Å². The van der Waals surface area contributed by atoms with Gasteiger partial charge in [0.1, 0.15) is 17.7 Å². The number of carbonyl (C=O) groups is 1. The van der Waals surface area contributed by atoms with Crippen LogP contribution in [0, 0.1) is 0 Å². The van der Waals surface area contributed by atoms with Gasteiger partial charge >= 0.3 is 0 Å². The lowest BCUT2D eigenvalue weighted by Crippen LogP contribution is -2.51. The Bertz CT molecular complexity index is 1150. The van der Waals surface area contributed by atoms with Crippen molar-refractivity contribution in [3.63, 3.8) is 0 Å². The minimum absolute atomic E-state index is 0.0225. The van der Waals surface area contributed by atoms with Gasteiger partial charge in [0.05, 0.1) is 27.9 Å². The van der Waals surface area contributed by atoms with Crippen molar-refractivity contribution in [2.45, 2.75) is 76.2 Å². The molecule has 0 saturated carbocycles. The maximum absolute atomic E-state index is 13.1. The number of likely N-dealkylation sites (tertiary alicyclic amines) is 2. The molecular formula is C31H48N6O4S. The molecule has 11 heteroatoms. The smallest absolute Gasteiger partial charge is 0.253 e. The lowest BCUT2D eigenvalue weighted by Gasteiger charge is -2.37. The van der Waals surface area contributed by atoms with E-state index < -0.39 is 10.8 Å². The molecule has 4 aliphatic rings. The van der Waals surface area contributed by atoms with E-state index in [1.54, 1.807) is 0 Å². The Hall–Kier alpha value is -2.47. The number of allylic oxidation sites excluding steroid dienone is 1. The van der Waals surface area contributed by atoms with Gasteiger partial charge in [-0.1, -0.05) is 0 Å². The number of nitrogens with zero attached hydrogens (tertiary/aromatic N) is 4. The van der Waals surface area contributed by atoms with Gasteiger partial charge in [0, 0.05) is 62.8 Å². The fourth-order valence-corrected chi connectivity index (χ4v) is 7.60. The number of benzene rings is 1. The molecule has 3 saturated heterocycles. The van der Waals surface area contributed by atoms with Crippen molar-refractivity contribution in [3.05, 3.63) is 40.4 Å². The molecule has 3 fully saturated rings. The SMILES string of the molecule is CC(NC(=NC1CCOCC1)C1=C(N)CCS1=O)N1CCC(Oc2ccc(C(=O)N(C)C3CCN(C)CC3)cc2)CC1. The highest BCUT2D eigenvalue weighted by atomic mass is 32.2. The number of aliphatic imine (C=N–C) groups is 1. The highest BCUT2D eigenvalue weighted by Crippen LogP contribution is 2.24. The Morgan fingerprint density at radius 2 is 1.76 bits per heavy atom. The van der Waals surface area contributed by atoms with E-state index in [0.29, 0.717) is 53.4 Å². The molecule has 4 aliphatic heterocycles. The molecule has 0 aromatic heterocycles. The standard InChI is InChI=1S/C31H48N6O4S/c1-22(33-30(29-28(32)14-21-42(29)39)34-24-12-19-40-20-13-24)37-17-10-27(11-18-37)41-26-6-4-23(5-7-26)31(38)36(3)25-8-15-35(2)16-9-25/h4-7,22,24-25,27H,8-21,32H2,1-3H3,(H,33,34). The molecule has 0 spiro atoms. The number of piperidine rings is 2. The quantitative estimate of drug-likeness (QED) is 0.346. The van der Waals surface area contributed by atoms with Crippen LogP contribution in [0.25, 0.3) is 0 Å². The fraction of sp³-hybridized carbons (Fsp3) is 0.677. The Balaban J connectivity index is 1.12. The first-order chi connectivity index (χ1) is 20.3. The third-order valence-corrected chi connectivity index (χ3v) is 10.6. The molecule has 2 atom stereocenters. The lowest BCUT2D eigenvalue weighted by molar-refractivity contribution is 0.0659. The zero-order valence-corrected chi connectivity index (χ0v) is 26.2. The predicted octanol–water partition coefficient (Wildman–Crippen LogP) is 2.53. The molecule has 3 N–H and O–H groups in total. The second kappa shape index (κ2) is 14.3. The Morgan fingerprint density at radius 1 is 1.10 bits per heavy atom. The van der Waals surface area contributed by atoms with Crippen molar-refractivity contribution in [1.82, 2.24) is 20.0 Å². The number of hydrogen-bond acceptors (Lipinski definition) is 8. The lowest BCUT2D eigenvalue weighted by atomic mass is 10.0. The summed E-state index contributed by atoms with van der Waals surface area (Å²) in [5.41, 5.74) is 7.68. The number of amides is 1. The van der Waals surface area contributed by atoms with Crippen LogP contribution in [-0.2, 0) is 15.5 Å². The normalized spacial score (nSPS) is 25.0. The summed E-state index contributed by atoms with van der Waals surface area (Å²) in [6.45, 7) is 7.35. The third-order valence-electron chi connectivity index (χ3n) is 9.12. The van der Waals surface area contributed by atoms with Crippen molar-refractivity contribution >= 4 is 22.5 Å². The Morgan fingerprint density at radius 3 is 2.38 bits per heavy atom. The topological polar surface area (TPSA) is 113 Å². The van der Waals surface area contributed by atoms with E-state index in [1.165, 1.54) is 0 Å². The van der Waals surface area contributed by atoms with Gasteiger partial charge in [-0.25, -0.2) is 0 Å². The largest absolute Gasteiger partial charge is 0.490 e. The molecule has 0 aliphatic carbocycles. The van der Waals surface area contributed by atoms with E-state index in [4.69, 9.17) is 20.2 Å². The molecule has 232 valence electrons. The highest BCUT2D eigenvalue weighted by Gasteiger charge is 2.30. The van der Waals surface area contributed by atoms with Gasteiger partial charge in [-0.2, -0.15) is 0 Å². The molecule has 1 aromatic rings. The molecule has 42 heavy (non-hydrogen) atoms. The summed E-state index contributed by atoms with van der Waals surface area (Å²) in [6.07, 6.45) is 6.35. The first kappa shape index (κ1) is 31.0. The van der Waals surface area contributed by atoms with Gasteiger partial charge in [0.15, 0.2) is 0 Å². The number of nitrogens with two attached hydrogens (primary N) is 1. The van der Waals surface area contributed by atoms with Gasteiger partial charge in [-0.15, -0.1) is 0 Å². The maximum Gasteiger partial charge on any atom is 0.253 e. The van der Waals surface area contributed by atoms with Crippen LogP contribution in [0.1, 0.15) is 62.2 Å².